The molecule has 0 radical (unpaired) electrons. The highest BCUT2D eigenvalue weighted by Gasteiger charge is 2.08. The summed E-state index contributed by atoms with van der Waals surface area (Å²) in [4.78, 5) is 6.35. The second kappa shape index (κ2) is 6.01. The molecule has 2 rings (SSSR count). The summed E-state index contributed by atoms with van der Waals surface area (Å²) in [6, 6.07) is 9.71. The van der Waals surface area contributed by atoms with E-state index in [1.165, 1.54) is 0 Å². The van der Waals surface area contributed by atoms with E-state index in [2.05, 4.69) is 28.0 Å². The monoisotopic (exact) mass is 255 g/mol. The van der Waals surface area contributed by atoms with Crippen LogP contribution in [0.4, 0.5) is 5.69 Å². The van der Waals surface area contributed by atoms with Crippen LogP contribution in [-0.4, -0.2) is 21.8 Å². The summed E-state index contributed by atoms with van der Waals surface area (Å²) in [6.45, 7) is 3.67. The summed E-state index contributed by atoms with van der Waals surface area (Å²) in [5.41, 5.74) is 1.67. The van der Waals surface area contributed by atoms with Crippen molar-refractivity contribution in [2.45, 2.75) is 26.4 Å². The number of benzene rings is 1. The number of rotatable bonds is 5. The Balaban J connectivity index is 2.14. The fraction of sp³-hybridized carbons (Fsp3) is 0.357. The van der Waals surface area contributed by atoms with Crippen molar-refractivity contribution >= 4 is 5.69 Å². The van der Waals surface area contributed by atoms with Gasteiger partial charge in [-0.05, 0) is 24.6 Å². The van der Waals surface area contributed by atoms with Crippen LogP contribution in [0.5, 0.6) is 0 Å². The van der Waals surface area contributed by atoms with E-state index in [1.54, 1.807) is 12.4 Å². The van der Waals surface area contributed by atoms with Crippen LogP contribution in [0.2, 0.25) is 0 Å². The molecule has 1 heterocycles. The zero-order valence-electron chi connectivity index (χ0n) is 11.2. The molecule has 5 nitrogen and oxygen atoms in total. The summed E-state index contributed by atoms with van der Waals surface area (Å²) in [6.07, 6.45) is 2.62. The Morgan fingerprint density at radius 2 is 2.26 bits per heavy atom. The van der Waals surface area contributed by atoms with E-state index < -0.39 is 0 Å². The van der Waals surface area contributed by atoms with Crippen molar-refractivity contribution in [2.75, 3.05) is 11.9 Å². The van der Waals surface area contributed by atoms with Gasteiger partial charge >= 0.3 is 0 Å². The maximum absolute atomic E-state index is 8.92. The molecule has 0 amide bonds. The van der Waals surface area contributed by atoms with Gasteiger partial charge in [0.2, 0.25) is 0 Å². The van der Waals surface area contributed by atoms with E-state index >= 15 is 0 Å². The minimum absolute atomic E-state index is 0.666. The first-order valence-electron chi connectivity index (χ1n) is 6.32. The maximum Gasteiger partial charge on any atom is 0.146 e. The molecule has 0 N–H and O–H groups in total. The number of hydrogen-bond acceptors (Lipinski definition) is 4. The summed E-state index contributed by atoms with van der Waals surface area (Å²) >= 11 is 0. The molecule has 0 saturated carbocycles. The lowest BCUT2D eigenvalue weighted by molar-refractivity contribution is 0.566. The highest BCUT2D eigenvalue weighted by atomic mass is 15.3. The SMILES string of the molecule is CCCn1ncnc1CN(C)c1cccc(C#N)c1. The highest BCUT2D eigenvalue weighted by molar-refractivity contribution is 5.50. The standard InChI is InChI=1S/C14H17N5/c1-3-7-19-14(16-11-17-19)10-18(2)13-6-4-5-12(8-13)9-15/h4-6,8,11H,3,7,10H2,1-2H3. The molecule has 5 heteroatoms. The Kier molecular flexibility index (Phi) is 4.14. The lowest BCUT2D eigenvalue weighted by atomic mass is 10.2. The Bertz CT molecular complexity index is 582. The van der Waals surface area contributed by atoms with Crippen LogP contribution in [-0.2, 0) is 13.1 Å². The summed E-state index contributed by atoms with van der Waals surface area (Å²) < 4.78 is 1.92. The van der Waals surface area contributed by atoms with Crippen molar-refractivity contribution in [1.82, 2.24) is 14.8 Å². The van der Waals surface area contributed by atoms with Crippen molar-refractivity contribution in [3.63, 3.8) is 0 Å². The molecule has 0 fully saturated rings. The molecule has 0 saturated heterocycles. The lowest BCUT2D eigenvalue weighted by Crippen LogP contribution is -2.20. The molecule has 98 valence electrons. The molecule has 0 atom stereocenters. The second-order valence-corrected chi connectivity index (χ2v) is 4.42. The van der Waals surface area contributed by atoms with E-state index in [4.69, 9.17) is 5.26 Å². The van der Waals surface area contributed by atoms with Gasteiger partial charge < -0.3 is 4.90 Å². The van der Waals surface area contributed by atoms with Gasteiger partial charge in [0.15, 0.2) is 0 Å². The Labute approximate surface area is 113 Å². The van der Waals surface area contributed by atoms with Crippen molar-refractivity contribution in [2.24, 2.45) is 0 Å². The van der Waals surface area contributed by atoms with Gasteiger partial charge in [-0.15, -0.1) is 0 Å². The predicted octanol–water partition coefficient (Wildman–Crippen LogP) is 2.20. The Hall–Kier alpha value is -2.35. The van der Waals surface area contributed by atoms with Gasteiger partial charge in [-0.2, -0.15) is 10.4 Å². The van der Waals surface area contributed by atoms with Crippen molar-refractivity contribution in [3.05, 3.63) is 42.0 Å². The minimum Gasteiger partial charge on any atom is -0.367 e. The van der Waals surface area contributed by atoms with Gasteiger partial charge in [0.25, 0.3) is 0 Å². The van der Waals surface area contributed by atoms with Crippen LogP contribution >= 0.6 is 0 Å². The number of nitrogens with zero attached hydrogens (tertiary/aromatic N) is 5. The zero-order chi connectivity index (χ0) is 13.7. The van der Waals surface area contributed by atoms with E-state index in [0.717, 1.165) is 24.5 Å². The summed E-state index contributed by atoms with van der Waals surface area (Å²) in [7, 11) is 1.99. The van der Waals surface area contributed by atoms with E-state index in [1.807, 2.05) is 29.9 Å². The third-order valence-corrected chi connectivity index (χ3v) is 2.93. The first kappa shape index (κ1) is 13.1. The van der Waals surface area contributed by atoms with Crippen LogP contribution < -0.4 is 4.90 Å². The molecular weight excluding hydrogens is 238 g/mol. The summed E-state index contributed by atoms with van der Waals surface area (Å²) in [5.74, 6) is 0.937. The summed E-state index contributed by atoms with van der Waals surface area (Å²) in [5, 5.41) is 13.1. The topological polar surface area (TPSA) is 57.7 Å². The number of hydrogen-bond donors (Lipinski definition) is 0. The zero-order valence-corrected chi connectivity index (χ0v) is 11.2. The highest BCUT2D eigenvalue weighted by Crippen LogP contribution is 2.16. The average Bonchev–Trinajstić information content (AvgIpc) is 2.86. The fourth-order valence-corrected chi connectivity index (χ4v) is 1.93. The molecule has 19 heavy (non-hydrogen) atoms. The molecule has 1 aromatic carbocycles. The third-order valence-electron chi connectivity index (χ3n) is 2.93. The van der Waals surface area contributed by atoms with Gasteiger partial charge in [-0.25, -0.2) is 9.67 Å². The van der Waals surface area contributed by atoms with Gasteiger partial charge in [0, 0.05) is 19.3 Å². The lowest BCUT2D eigenvalue weighted by Gasteiger charge is -2.19. The van der Waals surface area contributed by atoms with Crippen LogP contribution in [0.3, 0.4) is 0 Å². The van der Waals surface area contributed by atoms with Crippen molar-refractivity contribution < 1.29 is 0 Å². The number of aromatic nitrogens is 3. The fourth-order valence-electron chi connectivity index (χ4n) is 1.93. The molecule has 0 unspecified atom stereocenters. The maximum atomic E-state index is 8.92. The number of aryl methyl sites for hydroxylation is 1. The molecular formula is C14H17N5. The molecule has 0 aliphatic rings. The van der Waals surface area contributed by atoms with Gasteiger partial charge in [0.05, 0.1) is 18.2 Å². The van der Waals surface area contributed by atoms with E-state index in [-0.39, 0.29) is 0 Å². The largest absolute Gasteiger partial charge is 0.367 e. The molecule has 0 aliphatic heterocycles. The Morgan fingerprint density at radius 3 is 3.00 bits per heavy atom. The smallest absolute Gasteiger partial charge is 0.146 e. The van der Waals surface area contributed by atoms with Gasteiger partial charge in [-0.3, -0.25) is 0 Å². The Morgan fingerprint density at radius 1 is 1.42 bits per heavy atom. The molecule has 2 aromatic rings. The van der Waals surface area contributed by atoms with Gasteiger partial charge in [0.1, 0.15) is 12.2 Å². The normalized spacial score (nSPS) is 10.2. The molecule has 0 bridgehead atoms. The van der Waals surface area contributed by atoms with Gasteiger partial charge in [-0.1, -0.05) is 13.0 Å². The quantitative estimate of drug-likeness (QED) is 0.821. The third kappa shape index (κ3) is 3.10. The average molecular weight is 255 g/mol. The van der Waals surface area contributed by atoms with Crippen LogP contribution in [0.25, 0.3) is 0 Å². The minimum atomic E-state index is 0.666. The first-order chi connectivity index (χ1) is 9.24. The molecule has 0 spiro atoms. The first-order valence-corrected chi connectivity index (χ1v) is 6.32. The van der Waals surface area contributed by atoms with Crippen molar-refractivity contribution in [3.8, 4) is 6.07 Å². The van der Waals surface area contributed by atoms with Crippen LogP contribution in [0.15, 0.2) is 30.6 Å². The van der Waals surface area contributed by atoms with E-state index in [0.29, 0.717) is 12.1 Å². The van der Waals surface area contributed by atoms with Crippen LogP contribution in [0, 0.1) is 11.3 Å². The number of anilines is 1. The van der Waals surface area contributed by atoms with Crippen molar-refractivity contribution in [1.29, 1.82) is 5.26 Å². The van der Waals surface area contributed by atoms with Crippen LogP contribution in [0.1, 0.15) is 24.7 Å². The molecule has 1 aromatic heterocycles. The molecule has 0 aliphatic carbocycles. The second-order valence-electron chi connectivity index (χ2n) is 4.42. The number of nitriles is 1. The van der Waals surface area contributed by atoms with E-state index in [9.17, 15) is 0 Å². The predicted molar refractivity (Wildman–Crippen MR) is 73.6 cm³/mol.